The molecule has 1 saturated heterocycles. The quantitative estimate of drug-likeness (QED) is 0.857. The first-order chi connectivity index (χ1) is 9.25. The minimum atomic E-state index is -0.884. The van der Waals surface area contributed by atoms with Crippen molar-refractivity contribution in [3.63, 3.8) is 0 Å². The maximum Gasteiger partial charge on any atom is 0.175 e. The average molecular weight is 258 g/mol. The summed E-state index contributed by atoms with van der Waals surface area (Å²) < 4.78 is 5.50. The number of phenolic OH excluding ortho intramolecular Hbond substituents is 1. The van der Waals surface area contributed by atoms with E-state index in [1.165, 1.54) is 0 Å². The summed E-state index contributed by atoms with van der Waals surface area (Å²) in [7, 11) is 0. The minimum absolute atomic E-state index is 0.161. The van der Waals surface area contributed by atoms with Crippen molar-refractivity contribution in [3.8, 4) is 5.75 Å². The summed E-state index contributed by atoms with van der Waals surface area (Å²) in [4.78, 5) is 5.87. The van der Waals surface area contributed by atoms with Crippen molar-refractivity contribution in [3.05, 3.63) is 54.4 Å². The molecule has 2 aromatic rings. The SMILES string of the molecule is Oc1ccccc1N1CC(O)OC1c1cccnc1. The second-order valence-corrected chi connectivity index (χ2v) is 4.37. The first-order valence-corrected chi connectivity index (χ1v) is 6.04. The Labute approximate surface area is 110 Å². The minimum Gasteiger partial charge on any atom is -0.506 e. The van der Waals surface area contributed by atoms with Gasteiger partial charge in [-0.1, -0.05) is 18.2 Å². The number of aromatic hydroxyl groups is 1. The third-order valence-corrected chi connectivity index (χ3v) is 3.08. The topological polar surface area (TPSA) is 65.8 Å². The molecule has 1 aliphatic rings. The molecule has 3 rings (SSSR count). The number of aliphatic hydroxyl groups is 1. The van der Waals surface area contributed by atoms with Crippen molar-refractivity contribution in [2.24, 2.45) is 0 Å². The molecular weight excluding hydrogens is 244 g/mol. The van der Waals surface area contributed by atoms with Crippen molar-refractivity contribution >= 4 is 5.69 Å². The molecule has 0 spiro atoms. The second kappa shape index (κ2) is 4.87. The fourth-order valence-electron chi connectivity index (χ4n) is 2.24. The van der Waals surface area contributed by atoms with Crippen molar-refractivity contribution in [1.82, 2.24) is 4.98 Å². The molecule has 98 valence electrons. The van der Waals surface area contributed by atoms with Crippen LogP contribution in [0, 0.1) is 0 Å². The number of aliphatic hydroxyl groups excluding tert-OH is 1. The molecule has 1 aromatic carbocycles. The fourth-order valence-corrected chi connectivity index (χ4v) is 2.24. The van der Waals surface area contributed by atoms with Gasteiger partial charge in [0, 0.05) is 18.0 Å². The zero-order chi connectivity index (χ0) is 13.2. The van der Waals surface area contributed by atoms with Gasteiger partial charge in [-0.15, -0.1) is 0 Å². The lowest BCUT2D eigenvalue weighted by atomic mass is 10.2. The van der Waals surface area contributed by atoms with Gasteiger partial charge in [0.1, 0.15) is 5.75 Å². The predicted molar refractivity (Wildman–Crippen MR) is 69.5 cm³/mol. The summed E-state index contributed by atoms with van der Waals surface area (Å²) in [5.41, 5.74) is 1.47. The molecule has 0 aliphatic carbocycles. The number of para-hydroxylation sites is 2. The van der Waals surface area contributed by atoms with Gasteiger partial charge >= 0.3 is 0 Å². The van der Waals surface area contributed by atoms with E-state index in [0.717, 1.165) is 5.56 Å². The molecule has 1 aliphatic heterocycles. The number of benzene rings is 1. The third-order valence-electron chi connectivity index (χ3n) is 3.08. The Balaban J connectivity index is 1.98. The van der Waals surface area contributed by atoms with E-state index in [0.29, 0.717) is 12.2 Å². The van der Waals surface area contributed by atoms with Gasteiger partial charge in [0.05, 0.1) is 12.2 Å². The van der Waals surface area contributed by atoms with E-state index in [9.17, 15) is 10.2 Å². The molecule has 5 nitrogen and oxygen atoms in total. The Morgan fingerprint density at radius 2 is 2.05 bits per heavy atom. The molecule has 0 bridgehead atoms. The van der Waals surface area contributed by atoms with E-state index in [1.54, 1.807) is 30.6 Å². The Morgan fingerprint density at radius 3 is 2.79 bits per heavy atom. The average Bonchev–Trinajstić information content (AvgIpc) is 2.82. The van der Waals surface area contributed by atoms with Gasteiger partial charge in [-0.25, -0.2) is 0 Å². The Kier molecular flexibility index (Phi) is 3.06. The Morgan fingerprint density at radius 1 is 1.21 bits per heavy atom. The number of rotatable bonds is 2. The number of nitrogens with zero attached hydrogens (tertiary/aromatic N) is 2. The summed E-state index contributed by atoms with van der Waals surface area (Å²) in [5.74, 6) is 0.161. The number of β-amino-alcohol motifs (C(OH)–C–C–N with tert-alkyl or cyclic N) is 1. The molecule has 1 fully saturated rings. The maximum absolute atomic E-state index is 9.93. The van der Waals surface area contributed by atoms with Crippen LogP contribution in [0.3, 0.4) is 0 Å². The number of ether oxygens (including phenoxy) is 1. The molecule has 5 heteroatoms. The van der Waals surface area contributed by atoms with Crippen LogP contribution in [0.25, 0.3) is 0 Å². The molecule has 1 aromatic heterocycles. The van der Waals surface area contributed by atoms with E-state index >= 15 is 0 Å². The number of pyridine rings is 1. The zero-order valence-corrected chi connectivity index (χ0v) is 10.2. The monoisotopic (exact) mass is 258 g/mol. The van der Waals surface area contributed by atoms with E-state index in [4.69, 9.17) is 4.74 Å². The van der Waals surface area contributed by atoms with Crippen LogP contribution >= 0.6 is 0 Å². The summed E-state index contributed by atoms with van der Waals surface area (Å²) >= 11 is 0. The van der Waals surface area contributed by atoms with Crippen molar-refractivity contribution < 1.29 is 14.9 Å². The van der Waals surface area contributed by atoms with E-state index < -0.39 is 12.5 Å². The van der Waals surface area contributed by atoms with E-state index in [1.807, 2.05) is 23.1 Å². The standard InChI is InChI=1S/C14H14N2O3/c17-12-6-2-1-5-11(12)16-9-13(18)19-14(16)10-4-3-7-15-8-10/h1-8,13-14,17-18H,9H2. The van der Waals surface area contributed by atoms with Crippen LogP contribution in [0.2, 0.25) is 0 Å². The lowest BCUT2D eigenvalue weighted by molar-refractivity contribution is -0.0858. The van der Waals surface area contributed by atoms with Crippen LogP contribution < -0.4 is 4.90 Å². The van der Waals surface area contributed by atoms with Gasteiger partial charge in [-0.2, -0.15) is 0 Å². The van der Waals surface area contributed by atoms with Gasteiger partial charge in [0.15, 0.2) is 12.5 Å². The largest absolute Gasteiger partial charge is 0.506 e. The summed E-state index contributed by atoms with van der Waals surface area (Å²) in [6, 6.07) is 10.7. The van der Waals surface area contributed by atoms with Crippen molar-refractivity contribution in [1.29, 1.82) is 0 Å². The number of aromatic nitrogens is 1. The second-order valence-electron chi connectivity index (χ2n) is 4.37. The zero-order valence-electron chi connectivity index (χ0n) is 10.2. The fraction of sp³-hybridized carbons (Fsp3) is 0.214. The van der Waals surface area contributed by atoms with Crippen LogP contribution in [0.1, 0.15) is 11.8 Å². The third kappa shape index (κ3) is 2.25. The van der Waals surface area contributed by atoms with E-state index in [-0.39, 0.29) is 5.75 Å². The van der Waals surface area contributed by atoms with Crippen LogP contribution in [0.5, 0.6) is 5.75 Å². The lowest BCUT2D eigenvalue weighted by Crippen LogP contribution is -2.24. The highest BCUT2D eigenvalue weighted by Crippen LogP contribution is 2.38. The van der Waals surface area contributed by atoms with Crippen molar-refractivity contribution in [2.45, 2.75) is 12.5 Å². The van der Waals surface area contributed by atoms with Gasteiger partial charge in [-0.05, 0) is 18.2 Å². The molecular formula is C14H14N2O3. The van der Waals surface area contributed by atoms with Gasteiger partial charge in [0.25, 0.3) is 0 Å². The summed E-state index contributed by atoms with van der Waals surface area (Å²) in [6.45, 7) is 0.303. The van der Waals surface area contributed by atoms with Crippen molar-refractivity contribution in [2.75, 3.05) is 11.4 Å². The van der Waals surface area contributed by atoms with Gasteiger partial charge in [-0.3, -0.25) is 4.98 Å². The smallest absolute Gasteiger partial charge is 0.175 e. The summed E-state index contributed by atoms with van der Waals surface area (Å²) in [5, 5.41) is 19.6. The molecule has 19 heavy (non-hydrogen) atoms. The van der Waals surface area contributed by atoms with Crippen LogP contribution in [-0.2, 0) is 4.74 Å². The van der Waals surface area contributed by atoms with Gasteiger partial charge in [0.2, 0.25) is 0 Å². The molecule has 2 unspecified atom stereocenters. The molecule has 2 N–H and O–H groups in total. The van der Waals surface area contributed by atoms with E-state index in [2.05, 4.69) is 4.98 Å². The molecule has 2 atom stereocenters. The lowest BCUT2D eigenvalue weighted by Gasteiger charge is -2.25. The molecule has 2 heterocycles. The first-order valence-electron chi connectivity index (χ1n) is 6.04. The normalized spacial score (nSPS) is 22.7. The predicted octanol–water partition coefficient (Wildman–Crippen LogP) is 1.64. The highest BCUT2D eigenvalue weighted by Gasteiger charge is 2.34. The van der Waals surface area contributed by atoms with Crippen LogP contribution in [0.15, 0.2) is 48.8 Å². The van der Waals surface area contributed by atoms with Crippen LogP contribution in [-0.4, -0.2) is 28.0 Å². The highest BCUT2D eigenvalue weighted by atomic mass is 16.6. The number of hydrogen-bond acceptors (Lipinski definition) is 5. The molecule has 0 amide bonds. The Hall–Kier alpha value is -2.11. The summed E-state index contributed by atoms with van der Waals surface area (Å²) in [6.07, 6.45) is 2.04. The number of hydrogen-bond donors (Lipinski definition) is 2. The number of anilines is 1. The Bertz CT molecular complexity index is 562. The number of phenols is 1. The van der Waals surface area contributed by atoms with Gasteiger partial charge < -0.3 is 19.8 Å². The maximum atomic E-state index is 9.93. The molecule has 0 radical (unpaired) electrons. The first kappa shape index (κ1) is 12.0. The molecule has 0 saturated carbocycles. The van der Waals surface area contributed by atoms with Crippen LogP contribution in [0.4, 0.5) is 5.69 Å². The highest BCUT2D eigenvalue weighted by molar-refractivity contribution is 5.59.